The molecule has 2 aliphatic carbocycles. The van der Waals surface area contributed by atoms with E-state index in [9.17, 15) is 4.79 Å². The van der Waals surface area contributed by atoms with Crippen LogP contribution in [0.4, 0.5) is 0 Å². The van der Waals surface area contributed by atoms with Gasteiger partial charge in [-0.1, -0.05) is 30.2 Å². The zero-order valence-electron chi connectivity index (χ0n) is 8.83. The standard InChI is InChI=1S/C12H15ClO2/c1-8(14)15-12-10-7-5-3-2-4-6-9(10)11(12)13/h4,6,9-10H,2-3,5,7H2,1H3/t9-,10+/m1/s1. The van der Waals surface area contributed by atoms with Gasteiger partial charge in [-0.25, -0.2) is 0 Å². The number of ether oxygens (including phenoxy) is 1. The summed E-state index contributed by atoms with van der Waals surface area (Å²) in [6.07, 6.45) is 8.94. The summed E-state index contributed by atoms with van der Waals surface area (Å²) in [6.45, 7) is 1.42. The van der Waals surface area contributed by atoms with Gasteiger partial charge in [0.15, 0.2) is 0 Å². The first kappa shape index (κ1) is 10.7. The Kier molecular flexibility index (Phi) is 3.15. The normalized spacial score (nSPS) is 30.0. The molecule has 0 radical (unpaired) electrons. The number of fused-ring (bicyclic) bond motifs is 1. The number of rotatable bonds is 1. The number of esters is 1. The lowest BCUT2D eigenvalue weighted by molar-refractivity contribution is -0.138. The summed E-state index contributed by atoms with van der Waals surface area (Å²) in [5, 5.41) is 0.716. The van der Waals surface area contributed by atoms with E-state index in [0.717, 1.165) is 12.8 Å². The Morgan fingerprint density at radius 3 is 3.07 bits per heavy atom. The molecule has 0 heterocycles. The van der Waals surface area contributed by atoms with Gasteiger partial charge in [-0.15, -0.1) is 0 Å². The van der Waals surface area contributed by atoms with Crippen molar-refractivity contribution in [2.45, 2.75) is 32.6 Å². The number of halogens is 1. The molecule has 2 aliphatic rings. The van der Waals surface area contributed by atoms with Crippen LogP contribution >= 0.6 is 11.6 Å². The first-order valence-electron chi connectivity index (χ1n) is 5.45. The summed E-state index contributed by atoms with van der Waals surface area (Å²) < 4.78 is 5.14. The van der Waals surface area contributed by atoms with Crippen molar-refractivity contribution in [2.75, 3.05) is 0 Å². The highest BCUT2D eigenvalue weighted by molar-refractivity contribution is 6.31. The van der Waals surface area contributed by atoms with Crippen molar-refractivity contribution in [2.24, 2.45) is 11.8 Å². The van der Waals surface area contributed by atoms with Crippen molar-refractivity contribution < 1.29 is 9.53 Å². The topological polar surface area (TPSA) is 26.3 Å². The van der Waals surface area contributed by atoms with E-state index in [-0.39, 0.29) is 5.97 Å². The highest BCUT2D eigenvalue weighted by atomic mass is 35.5. The molecule has 0 bridgehead atoms. The molecule has 2 atom stereocenters. The molecule has 0 aromatic heterocycles. The Labute approximate surface area is 94.9 Å². The smallest absolute Gasteiger partial charge is 0.307 e. The fourth-order valence-corrected chi connectivity index (χ4v) is 2.67. The maximum absolute atomic E-state index is 10.9. The lowest BCUT2D eigenvalue weighted by Gasteiger charge is -2.37. The second kappa shape index (κ2) is 4.40. The van der Waals surface area contributed by atoms with Gasteiger partial charge >= 0.3 is 5.97 Å². The number of carbonyl (C=O) groups excluding carboxylic acids is 1. The lowest BCUT2D eigenvalue weighted by atomic mass is 9.75. The van der Waals surface area contributed by atoms with Crippen LogP contribution in [-0.2, 0) is 9.53 Å². The Balaban J connectivity index is 2.14. The van der Waals surface area contributed by atoms with Crippen molar-refractivity contribution in [1.82, 2.24) is 0 Å². The molecule has 0 aromatic rings. The summed E-state index contributed by atoms with van der Waals surface area (Å²) >= 11 is 6.11. The molecule has 0 saturated carbocycles. The molecule has 0 fully saturated rings. The molecule has 15 heavy (non-hydrogen) atoms. The van der Waals surface area contributed by atoms with Crippen LogP contribution < -0.4 is 0 Å². The van der Waals surface area contributed by atoms with Crippen molar-refractivity contribution in [3.63, 3.8) is 0 Å². The van der Waals surface area contributed by atoms with Crippen LogP contribution in [0.15, 0.2) is 22.9 Å². The average Bonchev–Trinajstić information content (AvgIpc) is 2.15. The highest BCUT2D eigenvalue weighted by Gasteiger charge is 2.40. The highest BCUT2D eigenvalue weighted by Crippen LogP contribution is 2.48. The number of hydrogen-bond donors (Lipinski definition) is 0. The Hall–Kier alpha value is -0.760. The third-order valence-corrected chi connectivity index (χ3v) is 3.47. The van der Waals surface area contributed by atoms with Gasteiger partial charge in [0.05, 0.1) is 5.03 Å². The van der Waals surface area contributed by atoms with E-state index >= 15 is 0 Å². The molecule has 0 aliphatic heterocycles. The second-order valence-corrected chi connectivity index (χ2v) is 4.56. The van der Waals surface area contributed by atoms with Crippen molar-refractivity contribution in [3.05, 3.63) is 22.9 Å². The van der Waals surface area contributed by atoms with Gasteiger partial charge in [0, 0.05) is 18.8 Å². The van der Waals surface area contributed by atoms with E-state index in [2.05, 4.69) is 12.2 Å². The predicted octanol–water partition coefficient (Wildman–Crippen LogP) is 3.38. The van der Waals surface area contributed by atoms with E-state index in [1.54, 1.807) is 0 Å². The van der Waals surface area contributed by atoms with E-state index in [1.165, 1.54) is 19.8 Å². The van der Waals surface area contributed by atoms with Gasteiger partial charge in [-0.05, 0) is 19.3 Å². The van der Waals surface area contributed by atoms with Crippen LogP contribution in [0.2, 0.25) is 0 Å². The minimum Gasteiger partial charge on any atom is -0.430 e. The predicted molar refractivity (Wildman–Crippen MR) is 59.2 cm³/mol. The zero-order chi connectivity index (χ0) is 10.8. The van der Waals surface area contributed by atoms with Crippen LogP contribution in [0, 0.1) is 11.8 Å². The third-order valence-electron chi connectivity index (χ3n) is 3.03. The van der Waals surface area contributed by atoms with E-state index < -0.39 is 0 Å². The molecule has 2 nitrogen and oxygen atoms in total. The van der Waals surface area contributed by atoms with Gasteiger partial charge in [0.25, 0.3) is 0 Å². The first-order valence-corrected chi connectivity index (χ1v) is 5.82. The summed E-state index contributed by atoms with van der Waals surface area (Å²) in [6, 6.07) is 0. The number of carbonyl (C=O) groups is 1. The van der Waals surface area contributed by atoms with Gasteiger partial charge in [0.2, 0.25) is 0 Å². The van der Waals surface area contributed by atoms with Gasteiger partial charge in [-0.2, -0.15) is 0 Å². The Morgan fingerprint density at radius 1 is 1.53 bits per heavy atom. The van der Waals surface area contributed by atoms with Crippen LogP contribution in [0.1, 0.15) is 32.6 Å². The molecular formula is C12H15ClO2. The SMILES string of the molecule is CC(=O)OC1=C(Cl)[C@@H]2C=CCCCC[C@H]12. The maximum atomic E-state index is 10.9. The van der Waals surface area contributed by atoms with Gasteiger partial charge < -0.3 is 4.74 Å². The number of allylic oxidation sites excluding steroid dienone is 4. The molecule has 0 spiro atoms. The average molecular weight is 227 g/mol. The summed E-state index contributed by atoms with van der Waals surface area (Å²) in [4.78, 5) is 10.9. The zero-order valence-corrected chi connectivity index (χ0v) is 9.59. The minimum absolute atomic E-state index is 0.271. The maximum Gasteiger partial charge on any atom is 0.307 e. The van der Waals surface area contributed by atoms with Gasteiger partial charge in [0.1, 0.15) is 5.76 Å². The minimum atomic E-state index is -0.271. The van der Waals surface area contributed by atoms with Crippen molar-refractivity contribution in [3.8, 4) is 0 Å². The molecule has 0 N–H and O–H groups in total. The van der Waals surface area contributed by atoms with Crippen LogP contribution in [0.3, 0.4) is 0 Å². The van der Waals surface area contributed by atoms with Crippen LogP contribution in [-0.4, -0.2) is 5.97 Å². The summed E-state index contributed by atoms with van der Waals surface area (Å²) in [5.74, 6) is 1.06. The molecule has 3 heteroatoms. The third kappa shape index (κ3) is 2.10. The van der Waals surface area contributed by atoms with E-state index in [0.29, 0.717) is 22.6 Å². The van der Waals surface area contributed by atoms with Crippen molar-refractivity contribution in [1.29, 1.82) is 0 Å². The molecule has 0 amide bonds. The Bertz CT molecular complexity index is 331. The molecular weight excluding hydrogens is 212 g/mol. The lowest BCUT2D eigenvalue weighted by Crippen LogP contribution is -2.30. The molecule has 2 rings (SSSR count). The monoisotopic (exact) mass is 226 g/mol. The molecule has 0 saturated heterocycles. The molecule has 82 valence electrons. The van der Waals surface area contributed by atoms with E-state index in [4.69, 9.17) is 16.3 Å². The quantitative estimate of drug-likeness (QED) is 0.506. The molecule has 0 aromatic carbocycles. The Morgan fingerprint density at radius 2 is 2.33 bits per heavy atom. The first-order chi connectivity index (χ1) is 7.20. The number of hydrogen-bond acceptors (Lipinski definition) is 2. The van der Waals surface area contributed by atoms with Crippen LogP contribution in [0.25, 0.3) is 0 Å². The van der Waals surface area contributed by atoms with Gasteiger partial charge in [-0.3, -0.25) is 4.79 Å². The van der Waals surface area contributed by atoms with E-state index in [1.807, 2.05) is 0 Å². The summed E-state index contributed by atoms with van der Waals surface area (Å²) in [7, 11) is 0. The largest absolute Gasteiger partial charge is 0.430 e. The van der Waals surface area contributed by atoms with Crippen LogP contribution in [0.5, 0.6) is 0 Å². The fraction of sp³-hybridized carbons (Fsp3) is 0.583. The molecule has 0 unspecified atom stereocenters. The van der Waals surface area contributed by atoms with Crippen molar-refractivity contribution >= 4 is 17.6 Å². The summed E-state index contributed by atoms with van der Waals surface area (Å²) in [5.41, 5.74) is 0. The fourth-order valence-electron chi connectivity index (χ4n) is 2.26. The second-order valence-electron chi connectivity index (χ2n) is 4.15.